The van der Waals surface area contributed by atoms with Crippen LogP contribution < -0.4 is 15.8 Å². The summed E-state index contributed by atoms with van der Waals surface area (Å²) in [6.07, 6.45) is 0. The second-order valence-corrected chi connectivity index (χ2v) is 3.93. The fourth-order valence-corrected chi connectivity index (χ4v) is 1.63. The third-order valence-corrected chi connectivity index (χ3v) is 2.61. The van der Waals surface area contributed by atoms with E-state index in [9.17, 15) is 0 Å². The van der Waals surface area contributed by atoms with Crippen molar-refractivity contribution in [2.24, 2.45) is 0 Å². The van der Waals surface area contributed by atoms with Gasteiger partial charge in [-0.2, -0.15) is 0 Å². The number of anilines is 3. The Morgan fingerprint density at radius 2 is 1.94 bits per heavy atom. The molecule has 0 fully saturated rings. The molecule has 0 heterocycles. The minimum atomic E-state index is 0.751. The molecule has 3 heteroatoms. The van der Waals surface area contributed by atoms with E-state index in [1.54, 1.807) is 7.11 Å². The topological polar surface area (TPSA) is 47.3 Å². The monoisotopic (exact) mass is 228 g/mol. The highest BCUT2D eigenvalue weighted by Crippen LogP contribution is 2.25. The summed E-state index contributed by atoms with van der Waals surface area (Å²) in [6.45, 7) is 2.04. The number of methoxy groups -OCH3 is 1. The van der Waals surface area contributed by atoms with E-state index in [1.807, 2.05) is 49.4 Å². The zero-order valence-electron chi connectivity index (χ0n) is 10.0. The molecule has 0 aliphatic heterocycles. The van der Waals surface area contributed by atoms with Crippen molar-refractivity contribution in [3.63, 3.8) is 0 Å². The van der Waals surface area contributed by atoms with Gasteiger partial charge >= 0.3 is 0 Å². The molecule has 2 aromatic carbocycles. The Labute approximate surface area is 101 Å². The highest BCUT2D eigenvalue weighted by molar-refractivity contribution is 5.67. The Morgan fingerprint density at radius 3 is 2.71 bits per heavy atom. The van der Waals surface area contributed by atoms with Crippen LogP contribution in [0.3, 0.4) is 0 Å². The number of benzene rings is 2. The molecule has 2 rings (SSSR count). The second kappa shape index (κ2) is 4.78. The summed E-state index contributed by atoms with van der Waals surface area (Å²) in [5.41, 5.74) is 9.67. The minimum Gasteiger partial charge on any atom is -0.497 e. The Morgan fingerprint density at radius 1 is 1.12 bits per heavy atom. The van der Waals surface area contributed by atoms with Crippen molar-refractivity contribution >= 4 is 17.1 Å². The highest BCUT2D eigenvalue weighted by Gasteiger charge is 2.00. The molecule has 0 radical (unpaired) electrons. The van der Waals surface area contributed by atoms with Gasteiger partial charge in [0, 0.05) is 23.1 Å². The Bertz CT molecular complexity index is 523. The van der Waals surface area contributed by atoms with Crippen molar-refractivity contribution in [3.05, 3.63) is 48.0 Å². The highest BCUT2D eigenvalue weighted by atomic mass is 16.5. The third-order valence-electron chi connectivity index (χ3n) is 2.61. The molecule has 0 amide bonds. The zero-order valence-corrected chi connectivity index (χ0v) is 10.0. The van der Waals surface area contributed by atoms with Crippen molar-refractivity contribution in [1.82, 2.24) is 0 Å². The molecule has 3 N–H and O–H groups in total. The summed E-state index contributed by atoms with van der Waals surface area (Å²) < 4.78 is 5.18. The first kappa shape index (κ1) is 11.3. The minimum absolute atomic E-state index is 0.751. The van der Waals surface area contributed by atoms with Crippen LogP contribution in [0.5, 0.6) is 5.75 Å². The van der Waals surface area contributed by atoms with E-state index >= 15 is 0 Å². The lowest BCUT2D eigenvalue weighted by Crippen LogP contribution is -1.95. The van der Waals surface area contributed by atoms with Crippen molar-refractivity contribution in [3.8, 4) is 5.75 Å². The fraction of sp³-hybridized carbons (Fsp3) is 0.143. The quantitative estimate of drug-likeness (QED) is 0.792. The number of aryl methyl sites for hydroxylation is 1. The standard InChI is InChI=1S/C14H16N2O/c1-10-6-7-11(15)8-14(10)16-12-4-3-5-13(9-12)17-2/h3-9,16H,15H2,1-2H3. The van der Waals surface area contributed by atoms with Gasteiger partial charge < -0.3 is 15.8 Å². The molecule has 0 spiro atoms. The molecule has 0 saturated heterocycles. The number of rotatable bonds is 3. The lowest BCUT2D eigenvalue weighted by molar-refractivity contribution is 0.415. The largest absolute Gasteiger partial charge is 0.497 e. The number of hydrogen-bond donors (Lipinski definition) is 2. The van der Waals surface area contributed by atoms with Gasteiger partial charge in [-0.1, -0.05) is 12.1 Å². The summed E-state index contributed by atoms with van der Waals surface area (Å²) in [7, 11) is 1.66. The van der Waals surface area contributed by atoms with Crippen LogP contribution in [0, 0.1) is 6.92 Å². The summed E-state index contributed by atoms with van der Waals surface area (Å²) in [4.78, 5) is 0. The predicted octanol–water partition coefficient (Wildman–Crippen LogP) is 3.33. The third kappa shape index (κ3) is 2.69. The summed E-state index contributed by atoms with van der Waals surface area (Å²) >= 11 is 0. The molecule has 0 aliphatic carbocycles. The first-order chi connectivity index (χ1) is 8.19. The molecular formula is C14H16N2O. The van der Waals surface area contributed by atoms with Crippen LogP contribution in [0.1, 0.15) is 5.56 Å². The van der Waals surface area contributed by atoms with E-state index in [4.69, 9.17) is 10.5 Å². The first-order valence-electron chi connectivity index (χ1n) is 5.46. The summed E-state index contributed by atoms with van der Waals surface area (Å²) in [5, 5.41) is 3.33. The molecule has 3 nitrogen and oxygen atoms in total. The molecular weight excluding hydrogens is 212 g/mol. The maximum Gasteiger partial charge on any atom is 0.120 e. The van der Waals surface area contributed by atoms with Gasteiger partial charge in [0.05, 0.1) is 7.11 Å². The second-order valence-electron chi connectivity index (χ2n) is 3.93. The fourth-order valence-electron chi connectivity index (χ4n) is 1.63. The van der Waals surface area contributed by atoms with Crippen molar-refractivity contribution in [2.75, 3.05) is 18.2 Å². The van der Waals surface area contributed by atoms with Crippen molar-refractivity contribution in [2.45, 2.75) is 6.92 Å². The van der Waals surface area contributed by atoms with E-state index in [1.165, 1.54) is 0 Å². The van der Waals surface area contributed by atoms with E-state index in [0.29, 0.717) is 0 Å². The van der Waals surface area contributed by atoms with Crippen LogP contribution in [0.25, 0.3) is 0 Å². The van der Waals surface area contributed by atoms with Crippen LogP contribution in [-0.4, -0.2) is 7.11 Å². The van der Waals surface area contributed by atoms with E-state index in [0.717, 1.165) is 28.4 Å². The Balaban J connectivity index is 2.27. The average molecular weight is 228 g/mol. The number of nitrogens with one attached hydrogen (secondary N) is 1. The molecule has 0 bridgehead atoms. The van der Waals surface area contributed by atoms with Crippen molar-refractivity contribution < 1.29 is 4.74 Å². The maximum atomic E-state index is 5.77. The SMILES string of the molecule is COc1cccc(Nc2cc(N)ccc2C)c1. The number of nitrogen functional groups attached to an aromatic ring is 1. The number of nitrogens with two attached hydrogens (primary N) is 1. The van der Waals surface area contributed by atoms with Crippen LogP contribution in [0.4, 0.5) is 17.1 Å². The van der Waals surface area contributed by atoms with Gasteiger partial charge in [0.15, 0.2) is 0 Å². The Hall–Kier alpha value is -2.16. The van der Waals surface area contributed by atoms with Gasteiger partial charge in [-0.15, -0.1) is 0 Å². The summed E-state index contributed by atoms with van der Waals surface area (Å²) in [5.74, 6) is 0.830. The van der Waals surface area contributed by atoms with Gasteiger partial charge in [-0.05, 0) is 36.8 Å². The lowest BCUT2D eigenvalue weighted by atomic mass is 10.1. The van der Waals surface area contributed by atoms with Crippen LogP contribution in [0.15, 0.2) is 42.5 Å². The molecule has 2 aromatic rings. The molecule has 0 atom stereocenters. The van der Waals surface area contributed by atoms with Crippen molar-refractivity contribution in [1.29, 1.82) is 0 Å². The van der Waals surface area contributed by atoms with Crippen LogP contribution in [-0.2, 0) is 0 Å². The van der Waals surface area contributed by atoms with E-state index < -0.39 is 0 Å². The van der Waals surface area contributed by atoms with Gasteiger partial charge in [-0.3, -0.25) is 0 Å². The lowest BCUT2D eigenvalue weighted by Gasteiger charge is -2.11. The first-order valence-corrected chi connectivity index (χ1v) is 5.46. The van der Waals surface area contributed by atoms with Gasteiger partial charge in [-0.25, -0.2) is 0 Å². The molecule has 0 aliphatic rings. The van der Waals surface area contributed by atoms with E-state index in [2.05, 4.69) is 5.32 Å². The molecule has 88 valence electrons. The average Bonchev–Trinajstić information content (AvgIpc) is 2.34. The van der Waals surface area contributed by atoms with Gasteiger partial charge in [0.1, 0.15) is 5.75 Å². The zero-order chi connectivity index (χ0) is 12.3. The Kier molecular flexibility index (Phi) is 3.19. The smallest absolute Gasteiger partial charge is 0.120 e. The van der Waals surface area contributed by atoms with Crippen LogP contribution >= 0.6 is 0 Å². The normalized spacial score (nSPS) is 10.0. The maximum absolute atomic E-state index is 5.77. The molecule has 0 unspecified atom stereocenters. The van der Waals surface area contributed by atoms with Gasteiger partial charge in [0.2, 0.25) is 0 Å². The molecule has 17 heavy (non-hydrogen) atoms. The van der Waals surface area contributed by atoms with Gasteiger partial charge in [0.25, 0.3) is 0 Å². The number of ether oxygens (including phenoxy) is 1. The van der Waals surface area contributed by atoms with E-state index in [-0.39, 0.29) is 0 Å². The number of hydrogen-bond acceptors (Lipinski definition) is 3. The molecule has 0 aromatic heterocycles. The van der Waals surface area contributed by atoms with Crippen LogP contribution in [0.2, 0.25) is 0 Å². The summed E-state index contributed by atoms with van der Waals surface area (Å²) in [6, 6.07) is 13.6. The predicted molar refractivity (Wildman–Crippen MR) is 71.9 cm³/mol. The molecule has 0 saturated carbocycles.